The third kappa shape index (κ3) is 7.25. The number of anilines is 1. The fraction of sp³-hybridized carbons (Fsp3) is 0.714. The van der Waals surface area contributed by atoms with Crippen LogP contribution in [0.4, 0.5) is 5.82 Å². The highest BCUT2D eigenvalue weighted by Gasteiger charge is 2.23. The summed E-state index contributed by atoms with van der Waals surface area (Å²) in [7, 11) is 4.41. The normalized spacial score (nSPS) is 22.3. The van der Waals surface area contributed by atoms with Crippen LogP contribution in [0.25, 0.3) is 0 Å². The molecule has 164 valence electrons. The molecule has 1 atom stereocenters. The van der Waals surface area contributed by atoms with Crippen molar-refractivity contribution in [3.63, 3.8) is 0 Å². The number of rotatable bonds is 5. The molecule has 2 fully saturated rings. The smallest absolute Gasteiger partial charge is 0.191 e. The summed E-state index contributed by atoms with van der Waals surface area (Å²) in [6, 6.07) is 7.22. The van der Waals surface area contributed by atoms with E-state index in [2.05, 4.69) is 76.5 Å². The molecular formula is C21H38IN7. The zero-order valence-corrected chi connectivity index (χ0v) is 20.7. The number of nitrogens with zero attached hydrogens (tertiary/aromatic N) is 5. The van der Waals surface area contributed by atoms with Crippen molar-refractivity contribution in [1.82, 2.24) is 25.4 Å². The number of likely N-dealkylation sites (N-methyl/N-ethyl adjacent to an activating group) is 2. The van der Waals surface area contributed by atoms with Crippen molar-refractivity contribution < 1.29 is 0 Å². The zero-order chi connectivity index (χ0) is 19.9. The number of piperazine rings is 1. The number of aliphatic imine (C=N–C) groups is 1. The highest BCUT2D eigenvalue weighted by Crippen LogP contribution is 2.18. The van der Waals surface area contributed by atoms with Crippen LogP contribution in [0.2, 0.25) is 0 Å². The van der Waals surface area contributed by atoms with Crippen LogP contribution in [0.3, 0.4) is 0 Å². The van der Waals surface area contributed by atoms with Crippen LogP contribution >= 0.6 is 24.0 Å². The molecule has 2 N–H and O–H groups in total. The Bertz CT molecular complexity index is 646. The van der Waals surface area contributed by atoms with E-state index in [-0.39, 0.29) is 24.0 Å². The van der Waals surface area contributed by atoms with E-state index in [1.807, 2.05) is 0 Å². The van der Waals surface area contributed by atoms with Gasteiger partial charge in [-0.15, -0.1) is 24.0 Å². The molecule has 2 aliphatic rings. The van der Waals surface area contributed by atoms with Crippen LogP contribution in [0.5, 0.6) is 0 Å². The zero-order valence-electron chi connectivity index (χ0n) is 18.4. The molecule has 0 radical (unpaired) electrons. The molecule has 1 aromatic heterocycles. The molecule has 3 rings (SSSR count). The van der Waals surface area contributed by atoms with Gasteiger partial charge in [0.2, 0.25) is 0 Å². The number of aryl methyl sites for hydroxylation is 1. The first-order valence-electron chi connectivity index (χ1n) is 10.7. The molecule has 1 unspecified atom stereocenters. The standard InChI is InChI=1S/C21H37N7.HI/c1-5-22-21(23-15-19-16-26(3)13-14-27(19)4)25-18-9-11-28(12-10-18)20-8-6-7-17(2)24-20;/h6-8,18-19H,5,9-16H2,1-4H3,(H2,22,23,25);1H. The van der Waals surface area contributed by atoms with Gasteiger partial charge in [0.05, 0.1) is 6.54 Å². The summed E-state index contributed by atoms with van der Waals surface area (Å²) in [6.45, 7) is 11.3. The second-order valence-electron chi connectivity index (χ2n) is 8.16. The Balaban J connectivity index is 0.00000300. The minimum atomic E-state index is 0. The quantitative estimate of drug-likeness (QED) is 0.354. The van der Waals surface area contributed by atoms with Gasteiger partial charge in [0.15, 0.2) is 5.96 Å². The first-order chi connectivity index (χ1) is 13.5. The molecule has 2 aliphatic heterocycles. The Morgan fingerprint density at radius 1 is 1.17 bits per heavy atom. The van der Waals surface area contributed by atoms with E-state index in [1.54, 1.807) is 0 Å². The number of aromatic nitrogens is 1. The highest BCUT2D eigenvalue weighted by atomic mass is 127. The van der Waals surface area contributed by atoms with E-state index in [9.17, 15) is 0 Å². The van der Waals surface area contributed by atoms with Crippen LogP contribution in [0, 0.1) is 6.92 Å². The maximum Gasteiger partial charge on any atom is 0.191 e. The fourth-order valence-electron chi connectivity index (χ4n) is 3.97. The SMILES string of the molecule is CCNC(=NCC1CN(C)CCN1C)NC1CCN(c2cccc(C)n2)CC1.I. The Labute approximate surface area is 193 Å². The van der Waals surface area contributed by atoms with Gasteiger partial charge in [0.25, 0.3) is 0 Å². The average Bonchev–Trinajstić information content (AvgIpc) is 2.69. The van der Waals surface area contributed by atoms with Gasteiger partial charge in [-0.3, -0.25) is 9.89 Å². The lowest BCUT2D eigenvalue weighted by Gasteiger charge is -2.37. The summed E-state index contributed by atoms with van der Waals surface area (Å²) in [5.74, 6) is 2.06. The minimum Gasteiger partial charge on any atom is -0.357 e. The Kier molecular flexibility index (Phi) is 9.91. The maximum atomic E-state index is 4.91. The second-order valence-corrected chi connectivity index (χ2v) is 8.16. The van der Waals surface area contributed by atoms with Gasteiger partial charge in [-0.1, -0.05) is 6.07 Å². The molecule has 1 aromatic rings. The van der Waals surface area contributed by atoms with Crippen LogP contribution in [0.15, 0.2) is 23.2 Å². The van der Waals surface area contributed by atoms with Gasteiger partial charge >= 0.3 is 0 Å². The predicted octanol–water partition coefficient (Wildman–Crippen LogP) is 1.78. The van der Waals surface area contributed by atoms with Gasteiger partial charge in [0, 0.05) is 57.0 Å². The Morgan fingerprint density at radius 2 is 1.93 bits per heavy atom. The molecule has 0 aliphatic carbocycles. The number of piperidine rings is 1. The Morgan fingerprint density at radius 3 is 2.62 bits per heavy atom. The first kappa shape index (κ1) is 24.1. The molecule has 0 amide bonds. The lowest BCUT2D eigenvalue weighted by atomic mass is 10.1. The van der Waals surface area contributed by atoms with Gasteiger partial charge in [0.1, 0.15) is 5.82 Å². The fourth-order valence-corrected chi connectivity index (χ4v) is 3.97. The molecule has 29 heavy (non-hydrogen) atoms. The van der Waals surface area contributed by atoms with Crippen LogP contribution in [-0.2, 0) is 0 Å². The summed E-state index contributed by atoms with van der Waals surface area (Å²) in [4.78, 5) is 16.8. The van der Waals surface area contributed by atoms with Crippen LogP contribution < -0.4 is 15.5 Å². The monoisotopic (exact) mass is 515 g/mol. The van der Waals surface area contributed by atoms with E-state index in [4.69, 9.17) is 4.99 Å². The summed E-state index contributed by atoms with van der Waals surface area (Å²) in [5.41, 5.74) is 1.08. The van der Waals surface area contributed by atoms with E-state index in [0.29, 0.717) is 12.1 Å². The van der Waals surface area contributed by atoms with E-state index in [0.717, 1.165) is 76.1 Å². The van der Waals surface area contributed by atoms with Crippen molar-refractivity contribution in [2.75, 3.05) is 64.8 Å². The molecule has 8 heteroatoms. The van der Waals surface area contributed by atoms with Gasteiger partial charge in [-0.05, 0) is 52.9 Å². The van der Waals surface area contributed by atoms with Gasteiger partial charge in [-0.2, -0.15) is 0 Å². The van der Waals surface area contributed by atoms with Crippen LogP contribution in [0.1, 0.15) is 25.5 Å². The molecule has 7 nitrogen and oxygen atoms in total. The van der Waals surface area contributed by atoms with Crippen molar-refractivity contribution in [3.05, 3.63) is 23.9 Å². The number of nitrogens with one attached hydrogen (secondary N) is 2. The summed E-state index contributed by atoms with van der Waals surface area (Å²) in [6.07, 6.45) is 2.21. The van der Waals surface area contributed by atoms with Crippen molar-refractivity contribution in [3.8, 4) is 0 Å². The topological polar surface area (TPSA) is 59.0 Å². The molecule has 0 saturated carbocycles. The Hall–Kier alpha value is -1.13. The molecular weight excluding hydrogens is 477 g/mol. The van der Waals surface area contributed by atoms with Gasteiger partial charge < -0.3 is 20.4 Å². The van der Waals surface area contributed by atoms with E-state index >= 15 is 0 Å². The molecule has 0 aromatic carbocycles. The third-order valence-electron chi connectivity index (χ3n) is 5.82. The van der Waals surface area contributed by atoms with Crippen molar-refractivity contribution in [1.29, 1.82) is 0 Å². The largest absolute Gasteiger partial charge is 0.357 e. The number of pyridine rings is 1. The highest BCUT2D eigenvalue weighted by molar-refractivity contribution is 14.0. The average molecular weight is 515 g/mol. The molecule has 0 spiro atoms. The lowest BCUT2D eigenvalue weighted by molar-refractivity contribution is 0.119. The van der Waals surface area contributed by atoms with Crippen LogP contribution in [-0.4, -0.2) is 92.7 Å². The second kappa shape index (κ2) is 11.9. The molecule has 0 bridgehead atoms. The molecule has 2 saturated heterocycles. The minimum absolute atomic E-state index is 0. The summed E-state index contributed by atoms with van der Waals surface area (Å²) in [5, 5.41) is 7.09. The van der Waals surface area contributed by atoms with E-state index < -0.39 is 0 Å². The number of halogens is 1. The number of hydrogen-bond donors (Lipinski definition) is 2. The lowest BCUT2D eigenvalue weighted by Crippen LogP contribution is -2.52. The first-order valence-corrected chi connectivity index (χ1v) is 10.7. The number of hydrogen-bond acceptors (Lipinski definition) is 5. The summed E-state index contributed by atoms with van der Waals surface area (Å²) >= 11 is 0. The van der Waals surface area contributed by atoms with Crippen molar-refractivity contribution in [2.45, 2.75) is 38.8 Å². The third-order valence-corrected chi connectivity index (χ3v) is 5.82. The van der Waals surface area contributed by atoms with Crippen molar-refractivity contribution >= 4 is 35.8 Å². The summed E-state index contributed by atoms with van der Waals surface area (Å²) < 4.78 is 0. The molecule has 3 heterocycles. The maximum absolute atomic E-state index is 4.91. The predicted molar refractivity (Wildman–Crippen MR) is 133 cm³/mol. The van der Waals surface area contributed by atoms with Gasteiger partial charge in [-0.25, -0.2) is 4.98 Å². The number of guanidine groups is 1. The van der Waals surface area contributed by atoms with E-state index in [1.165, 1.54) is 0 Å². The van der Waals surface area contributed by atoms with Crippen molar-refractivity contribution in [2.24, 2.45) is 4.99 Å².